The summed E-state index contributed by atoms with van der Waals surface area (Å²) in [5.74, 6) is 0.621. The molecule has 0 saturated carbocycles. The van der Waals surface area contributed by atoms with Gasteiger partial charge < -0.3 is 10.6 Å². The van der Waals surface area contributed by atoms with E-state index in [0.717, 1.165) is 38.2 Å². The van der Waals surface area contributed by atoms with Crippen LogP contribution in [-0.2, 0) is 10.0 Å². The molecule has 1 aliphatic rings. The number of nitrogens with zero attached hydrogens (tertiary/aromatic N) is 1. The van der Waals surface area contributed by atoms with E-state index in [1.54, 1.807) is 12.1 Å². The van der Waals surface area contributed by atoms with Gasteiger partial charge in [0.25, 0.3) is 0 Å². The number of hydrogen-bond acceptors (Lipinski definition) is 4. The number of rotatable bonds is 5. The van der Waals surface area contributed by atoms with Gasteiger partial charge in [-0.15, -0.1) is 0 Å². The lowest BCUT2D eigenvalue weighted by atomic mass is 9.97. The Morgan fingerprint density at radius 3 is 2.29 bits per heavy atom. The molecule has 118 valence electrons. The number of sulfonamides is 1. The van der Waals surface area contributed by atoms with E-state index in [2.05, 4.69) is 9.62 Å². The minimum absolute atomic E-state index is 0.107. The second-order valence-electron chi connectivity index (χ2n) is 5.94. The Bertz CT molecular complexity index is 547. The molecule has 0 spiro atoms. The average molecular weight is 311 g/mol. The molecule has 21 heavy (non-hydrogen) atoms. The highest BCUT2D eigenvalue weighted by Crippen LogP contribution is 2.24. The van der Waals surface area contributed by atoms with Crippen molar-refractivity contribution >= 4 is 15.7 Å². The molecule has 2 rings (SSSR count). The van der Waals surface area contributed by atoms with Crippen LogP contribution in [0.2, 0.25) is 0 Å². The summed E-state index contributed by atoms with van der Waals surface area (Å²) in [5, 5.41) is 0. The largest absolute Gasteiger partial charge is 0.372 e. The Kier molecular flexibility index (Phi) is 5.24. The van der Waals surface area contributed by atoms with Gasteiger partial charge in [-0.3, -0.25) is 0 Å². The summed E-state index contributed by atoms with van der Waals surface area (Å²) < 4.78 is 26.7. The molecular formula is C15H25N3O2S. The zero-order chi connectivity index (χ0) is 15.5. The molecule has 1 heterocycles. The molecule has 1 aromatic rings. The van der Waals surface area contributed by atoms with Gasteiger partial charge in [0.1, 0.15) is 0 Å². The van der Waals surface area contributed by atoms with E-state index < -0.39 is 10.0 Å². The molecule has 1 fully saturated rings. The summed E-state index contributed by atoms with van der Waals surface area (Å²) in [6.45, 7) is 6.35. The van der Waals surface area contributed by atoms with Crippen LogP contribution in [0.15, 0.2) is 29.2 Å². The Hall–Kier alpha value is -1.11. The van der Waals surface area contributed by atoms with Crippen molar-refractivity contribution in [3.8, 4) is 0 Å². The summed E-state index contributed by atoms with van der Waals surface area (Å²) in [4.78, 5) is 2.61. The van der Waals surface area contributed by atoms with Gasteiger partial charge >= 0.3 is 0 Å². The Labute approximate surface area is 127 Å². The first-order valence-electron chi connectivity index (χ1n) is 7.50. The fourth-order valence-corrected chi connectivity index (χ4v) is 3.89. The third kappa shape index (κ3) is 4.18. The maximum Gasteiger partial charge on any atom is 0.240 e. The summed E-state index contributed by atoms with van der Waals surface area (Å²) in [7, 11) is -3.40. The second-order valence-corrected chi connectivity index (χ2v) is 7.65. The quantitative estimate of drug-likeness (QED) is 0.865. The number of nitrogens with one attached hydrogen (secondary N) is 1. The molecule has 0 bridgehead atoms. The normalized spacial score (nSPS) is 17.4. The van der Waals surface area contributed by atoms with Crippen molar-refractivity contribution in [1.82, 2.24) is 4.72 Å². The highest BCUT2D eigenvalue weighted by atomic mass is 32.2. The van der Waals surface area contributed by atoms with Crippen molar-refractivity contribution < 1.29 is 8.42 Å². The van der Waals surface area contributed by atoms with E-state index in [1.165, 1.54) is 0 Å². The van der Waals surface area contributed by atoms with Crippen LogP contribution in [0.1, 0.15) is 26.7 Å². The molecule has 0 radical (unpaired) electrons. The fraction of sp³-hybridized carbons (Fsp3) is 0.600. The predicted octanol–water partition coefficient (Wildman–Crippen LogP) is 1.55. The molecule has 0 atom stereocenters. The fourth-order valence-electron chi connectivity index (χ4n) is 2.64. The van der Waals surface area contributed by atoms with Gasteiger partial charge in [0.05, 0.1) is 4.90 Å². The number of hydrogen-bond donors (Lipinski definition) is 2. The molecule has 5 nitrogen and oxygen atoms in total. The molecular weight excluding hydrogens is 286 g/mol. The summed E-state index contributed by atoms with van der Waals surface area (Å²) in [6.07, 6.45) is 2.21. The third-order valence-corrected chi connectivity index (χ3v) is 5.53. The van der Waals surface area contributed by atoms with Crippen LogP contribution in [0.25, 0.3) is 0 Å². The minimum atomic E-state index is -3.40. The van der Waals surface area contributed by atoms with Crippen LogP contribution in [0.3, 0.4) is 0 Å². The molecule has 3 N–H and O–H groups in total. The molecule has 0 amide bonds. The number of nitrogens with two attached hydrogens (primary N) is 1. The van der Waals surface area contributed by atoms with Gasteiger partial charge in [-0.1, -0.05) is 0 Å². The van der Waals surface area contributed by atoms with E-state index in [0.29, 0.717) is 10.8 Å². The first-order valence-corrected chi connectivity index (χ1v) is 8.98. The SMILES string of the molecule is CC(C)NS(=O)(=O)c1ccc(N2CCC(CN)CC2)cc1. The second kappa shape index (κ2) is 6.77. The average Bonchev–Trinajstić information content (AvgIpc) is 2.46. The minimum Gasteiger partial charge on any atom is -0.372 e. The molecule has 1 saturated heterocycles. The van der Waals surface area contributed by atoms with Crippen molar-refractivity contribution in [3.05, 3.63) is 24.3 Å². The zero-order valence-corrected chi connectivity index (χ0v) is 13.6. The van der Waals surface area contributed by atoms with Gasteiger partial charge in [0.2, 0.25) is 10.0 Å². The maximum absolute atomic E-state index is 12.1. The molecule has 6 heteroatoms. The molecule has 0 unspecified atom stereocenters. The van der Waals surface area contributed by atoms with E-state index >= 15 is 0 Å². The Morgan fingerprint density at radius 2 is 1.81 bits per heavy atom. The van der Waals surface area contributed by atoms with E-state index in [1.807, 2.05) is 26.0 Å². The van der Waals surface area contributed by atoms with Crippen molar-refractivity contribution in [2.45, 2.75) is 37.6 Å². The van der Waals surface area contributed by atoms with Gasteiger partial charge in [0, 0.05) is 24.8 Å². The molecule has 1 aliphatic heterocycles. The highest BCUT2D eigenvalue weighted by Gasteiger charge is 2.19. The predicted molar refractivity (Wildman–Crippen MR) is 85.9 cm³/mol. The van der Waals surface area contributed by atoms with Crippen LogP contribution in [0, 0.1) is 5.92 Å². The van der Waals surface area contributed by atoms with Crippen LogP contribution >= 0.6 is 0 Å². The van der Waals surface area contributed by atoms with Crippen LogP contribution in [-0.4, -0.2) is 34.1 Å². The third-order valence-electron chi connectivity index (χ3n) is 3.85. The smallest absolute Gasteiger partial charge is 0.240 e. The van der Waals surface area contributed by atoms with Gasteiger partial charge in [0.15, 0.2) is 0 Å². The van der Waals surface area contributed by atoms with Crippen LogP contribution < -0.4 is 15.4 Å². The lowest BCUT2D eigenvalue weighted by Gasteiger charge is -2.33. The monoisotopic (exact) mass is 311 g/mol. The molecule has 0 aliphatic carbocycles. The number of anilines is 1. The van der Waals surface area contributed by atoms with Crippen molar-refractivity contribution in [1.29, 1.82) is 0 Å². The van der Waals surface area contributed by atoms with E-state index in [4.69, 9.17) is 5.73 Å². The summed E-state index contributed by atoms with van der Waals surface area (Å²) in [6, 6.07) is 7.02. The van der Waals surface area contributed by atoms with Gasteiger partial charge in [-0.25, -0.2) is 13.1 Å². The van der Waals surface area contributed by atoms with Crippen molar-refractivity contribution in [3.63, 3.8) is 0 Å². The van der Waals surface area contributed by atoms with Gasteiger partial charge in [-0.05, 0) is 63.4 Å². The van der Waals surface area contributed by atoms with Crippen molar-refractivity contribution in [2.24, 2.45) is 11.7 Å². The van der Waals surface area contributed by atoms with Gasteiger partial charge in [-0.2, -0.15) is 0 Å². The van der Waals surface area contributed by atoms with Crippen molar-refractivity contribution in [2.75, 3.05) is 24.5 Å². The van der Waals surface area contributed by atoms with E-state index in [-0.39, 0.29) is 6.04 Å². The number of benzene rings is 1. The van der Waals surface area contributed by atoms with Crippen LogP contribution in [0.4, 0.5) is 5.69 Å². The first kappa shape index (κ1) is 16.3. The Morgan fingerprint density at radius 1 is 1.24 bits per heavy atom. The summed E-state index contributed by atoms with van der Waals surface area (Å²) in [5.41, 5.74) is 6.78. The van der Waals surface area contributed by atoms with E-state index in [9.17, 15) is 8.42 Å². The summed E-state index contributed by atoms with van der Waals surface area (Å²) >= 11 is 0. The molecule has 1 aromatic carbocycles. The topological polar surface area (TPSA) is 75.4 Å². The lowest BCUT2D eigenvalue weighted by molar-refractivity contribution is 0.414. The zero-order valence-electron chi connectivity index (χ0n) is 12.7. The standard InChI is InChI=1S/C15H25N3O2S/c1-12(2)17-21(19,20)15-5-3-14(4-6-15)18-9-7-13(11-16)8-10-18/h3-6,12-13,17H,7-11,16H2,1-2H3. The first-order chi connectivity index (χ1) is 9.92. The highest BCUT2D eigenvalue weighted by molar-refractivity contribution is 7.89. The maximum atomic E-state index is 12.1. The Balaban J connectivity index is 2.06. The molecule has 0 aromatic heterocycles. The van der Waals surface area contributed by atoms with Crippen LogP contribution in [0.5, 0.6) is 0 Å². The number of piperidine rings is 1. The lowest BCUT2D eigenvalue weighted by Crippen LogP contribution is -2.36.